The van der Waals surface area contributed by atoms with Crippen molar-refractivity contribution in [3.05, 3.63) is 93.8 Å². The van der Waals surface area contributed by atoms with Gasteiger partial charge in [0.25, 0.3) is 5.91 Å². The van der Waals surface area contributed by atoms with Gasteiger partial charge < -0.3 is 19.2 Å². The van der Waals surface area contributed by atoms with Gasteiger partial charge in [0, 0.05) is 32.3 Å². The van der Waals surface area contributed by atoms with Gasteiger partial charge in [0.2, 0.25) is 0 Å². The summed E-state index contributed by atoms with van der Waals surface area (Å²) in [7, 11) is 0. The lowest BCUT2D eigenvalue weighted by Crippen LogP contribution is -2.23. The van der Waals surface area contributed by atoms with Crippen molar-refractivity contribution in [3.63, 3.8) is 0 Å². The Morgan fingerprint density at radius 1 is 1.00 bits per heavy atom. The maximum Gasteiger partial charge on any atom is 0.344 e. The lowest BCUT2D eigenvalue weighted by atomic mass is 10.1. The van der Waals surface area contributed by atoms with E-state index >= 15 is 0 Å². The first-order chi connectivity index (χ1) is 16.9. The Labute approximate surface area is 210 Å². The molecule has 0 fully saturated rings. The summed E-state index contributed by atoms with van der Waals surface area (Å²) in [5, 5.41) is 4.17. The number of amides is 1. The predicted molar refractivity (Wildman–Crippen MR) is 134 cm³/mol. The van der Waals surface area contributed by atoms with E-state index in [-0.39, 0.29) is 0 Å². The van der Waals surface area contributed by atoms with Crippen LogP contribution in [-0.2, 0) is 14.3 Å². The van der Waals surface area contributed by atoms with Crippen LogP contribution in [0, 0.1) is 6.92 Å². The Hall–Kier alpha value is -3.75. The number of carbonyl (C=O) groups excluding carboxylic acids is 2. The molecule has 0 aliphatic heterocycles. The molecule has 35 heavy (non-hydrogen) atoms. The number of esters is 1. The van der Waals surface area contributed by atoms with Crippen LogP contribution in [0.5, 0.6) is 5.75 Å². The number of halogens is 1. The van der Waals surface area contributed by atoms with Crippen molar-refractivity contribution in [3.8, 4) is 5.75 Å². The van der Waals surface area contributed by atoms with Crippen LogP contribution in [0.2, 0.25) is 5.02 Å². The van der Waals surface area contributed by atoms with Crippen LogP contribution in [0.25, 0.3) is 11.0 Å². The largest absolute Gasteiger partial charge is 0.482 e. The number of anilines is 1. The summed E-state index contributed by atoms with van der Waals surface area (Å²) in [6.45, 7) is 0.933. The Morgan fingerprint density at radius 2 is 1.77 bits per heavy atom. The van der Waals surface area contributed by atoms with E-state index in [4.69, 9.17) is 25.5 Å². The van der Waals surface area contributed by atoms with Gasteiger partial charge in [0.05, 0.1) is 5.69 Å². The highest BCUT2D eigenvalue weighted by molar-refractivity contribution is 7.99. The number of benzene rings is 3. The van der Waals surface area contributed by atoms with Crippen LogP contribution < -0.4 is 15.7 Å². The van der Waals surface area contributed by atoms with Crippen molar-refractivity contribution in [1.82, 2.24) is 0 Å². The van der Waals surface area contributed by atoms with E-state index in [1.54, 1.807) is 43.3 Å². The smallest absolute Gasteiger partial charge is 0.344 e. The summed E-state index contributed by atoms with van der Waals surface area (Å²) in [5.74, 6) is -0.860. The summed E-state index contributed by atoms with van der Waals surface area (Å²) < 4.78 is 15.6. The molecule has 3 aromatic carbocycles. The molecule has 4 rings (SSSR count). The maximum absolute atomic E-state index is 12.4. The second-order valence-electron chi connectivity index (χ2n) is 7.46. The molecule has 1 heterocycles. The molecular formula is C26H20ClNO6S. The molecular weight excluding hydrogens is 490 g/mol. The van der Waals surface area contributed by atoms with Crippen LogP contribution in [0.15, 0.2) is 91.8 Å². The van der Waals surface area contributed by atoms with Crippen LogP contribution in [0.4, 0.5) is 5.69 Å². The molecule has 0 saturated carbocycles. The number of nitrogens with one attached hydrogen (secondary N) is 1. The minimum Gasteiger partial charge on any atom is -0.482 e. The van der Waals surface area contributed by atoms with Crippen molar-refractivity contribution < 1.29 is 23.5 Å². The van der Waals surface area contributed by atoms with Crippen molar-refractivity contribution in [2.45, 2.75) is 16.7 Å². The number of hydrogen-bond donors (Lipinski definition) is 1. The first kappa shape index (κ1) is 24.4. The molecule has 7 nitrogen and oxygen atoms in total. The highest BCUT2D eigenvalue weighted by Gasteiger charge is 2.12. The second-order valence-corrected chi connectivity index (χ2v) is 9.01. The van der Waals surface area contributed by atoms with Crippen LogP contribution in [-0.4, -0.2) is 25.1 Å². The quantitative estimate of drug-likeness (QED) is 0.249. The van der Waals surface area contributed by atoms with Gasteiger partial charge in [-0.25, -0.2) is 9.59 Å². The molecule has 1 aromatic heterocycles. The van der Waals surface area contributed by atoms with Gasteiger partial charge in [-0.05, 0) is 61.0 Å². The molecule has 0 aliphatic carbocycles. The van der Waals surface area contributed by atoms with E-state index in [1.807, 2.05) is 24.3 Å². The number of rotatable bonds is 8. The third-order valence-corrected chi connectivity index (χ3v) is 6.18. The van der Waals surface area contributed by atoms with E-state index in [1.165, 1.54) is 23.9 Å². The fourth-order valence-corrected chi connectivity index (χ4v) is 4.23. The zero-order valence-electron chi connectivity index (χ0n) is 18.6. The highest BCUT2D eigenvalue weighted by atomic mass is 35.5. The molecule has 0 spiro atoms. The first-order valence-electron chi connectivity index (χ1n) is 10.5. The van der Waals surface area contributed by atoms with Gasteiger partial charge in [-0.3, -0.25) is 4.79 Å². The molecule has 1 amide bonds. The van der Waals surface area contributed by atoms with Gasteiger partial charge in [-0.1, -0.05) is 35.5 Å². The summed E-state index contributed by atoms with van der Waals surface area (Å²) in [6.07, 6.45) is 0. The zero-order chi connectivity index (χ0) is 24.8. The van der Waals surface area contributed by atoms with Crippen molar-refractivity contribution in [2.75, 3.05) is 18.5 Å². The van der Waals surface area contributed by atoms with Crippen LogP contribution >= 0.6 is 23.4 Å². The molecule has 0 bridgehead atoms. The van der Waals surface area contributed by atoms with E-state index in [9.17, 15) is 14.4 Å². The molecule has 4 aromatic rings. The lowest BCUT2D eigenvalue weighted by Gasteiger charge is -2.11. The van der Waals surface area contributed by atoms with Gasteiger partial charge in [0.1, 0.15) is 11.3 Å². The molecule has 9 heteroatoms. The molecule has 0 unspecified atom stereocenters. The van der Waals surface area contributed by atoms with E-state index in [0.29, 0.717) is 22.0 Å². The fourth-order valence-electron chi connectivity index (χ4n) is 3.20. The SMILES string of the molecule is Cc1cc(=O)oc2cc(OCC(=O)OCC(=O)Nc3ccccc3Sc3ccc(Cl)cc3)ccc12. The van der Waals surface area contributed by atoms with Crippen molar-refractivity contribution in [1.29, 1.82) is 0 Å². The lowest BCUT2D eigenvalue weighted by molar-refractivity contribution is -0.149. The number of fused-ring (bicyclic) bond motifs is 1. The number of aryl methyl sites for hydroxylation is 1. The van der Waals surface area contributed by atoms with Gasteiger partial charge >= 0.3 is 11.6 Å². The Bertz CT molecular complexity index is 1430. The van der Waals surface area contributed by atoms with Crippen molar-refractivity contribution >= 4 is 51.9 Å². The average Bonchev–Trinajstić information content (AvgIpc) is 2.83. The third-order valence-electron chi connectivity index (χ3n) is 4.85. The molecule has 0 aliphatic rings. The van der Waals surface area contributed by atoms with E-state index in [0.717, 1.165) is 20.7 Å². The predicted octanol–water partition coefficient (Wildman–Crippen LogP) is 5.47. The molecule has 1 N–H and O–H groups in total. The number of hydrogen-bond acceptors (Lipinski definition) is 7. The standard InChI is InChI=1S/C26H20ClNO6S/c1-16-12-25(30)34-22-13-18(8-11-20(16)22)32-15-26(31)33-14-24(29)28-21-4-2-3-5-23(21)35-19-9-6-17(27)7-10-19/h2-13H,14-15H2,1H3,(H,28,29). The molecule has 178 valence electrons. The van der Waals surface area contributed by atoms with Gasteiger partial charge in [-0.2, -0.15) is 0 Å². The Kier molecular flexibility index (Phi) is 7.74. The first-order valence-corrected chi connectivity index (χ1v) is 11.7. The summed E-state index contributed by atoms with van der Waals surface area (Å²) in [5.41, 5.74) is 1.26. The Balaban J connectivity index is 1.29. The van der Waals surface area contributed by atoms with Crippen molar-refractivity contribution in [2.24, 2.45) is 0 Å². The zero-order valence-corrected chi connectivity index (χ0v) is 20.2. The molecule has 0 atom stereocenters. The fraction of sp³-hybridized carbons (Fsp3) is 0.115. The van der Waals surface area contributed by atoms with E-state index < -0.39 is 30.7 Å². The maximum atomic E-state index is 12.4. The normalized spacial score (nSPS) is 10.7. The number of ether oxygens (including phenoxy) is 2. The number of para-hydroxylation sites is 1. The minimum absolute atomic E-state index is 0.334. The summed E-state index contributed by atoms with van der Waals surface area (Å²) in [6, 6.07) is 21.0. The van der Waals surface area contributed by atoms with Crippen LogP contribution in [0.1, 0.15) is 5.56 Å². The van der Waals surface area contributed by atoms with E-state index in [2.05, 4.69) is 5.32 Å². The van der Waals surface area contributed by atoms with Gasteiger partial charge in [0.15, 0.2) is 13.2 Å². The Morgan fingerprint density at radius 3 is 2.57 bits per heavy atom. The third kappa shape index (κ3) is 6.65. The summed E-state index contributed by atoms with van der Waals surface area (Å²) in [4.78, 5) is 37.8. The topological polar surface area (TPSA) is 94.8 Å². The monoisotopic (exact) mass is 509 g/mol. The van der Waals surface area contributed by atoms with Gasteiger partial charge in [-0.15, -0.1) is 0 Å². The van der Waals surface area contributed by atoms with Crippen LogP contribution in [0.3, 0.4) is 0 Å². The summed E-state index contributed by atoms with van der Waals surface area (Å²) >= 11 is 7.40. The molecule has 0 saturated heterocycles. The minimum atomic E-state index is -0.713. The average molecular weight is 510 g/mol. The highest BCUT2D eigenvalue weighted by Crippen LogP contribution is 2.33. The number of carbonyl (C=O) groups is 2. The second kappa shape index (κ2) is 11.1. The molecule has 0 radical (unpaired) electrons.